The van der Waals surface area contributed by atoms with Crippen molar-refractivity contribution in [3.05, 3.63) is 46.5 Å². The molecule has 8 heteroatoms. The number of hydrogen-bond donors (Lipinski definition) is 4. The monoisotopic (exact) mass is 1080 g/mol. The zero-order chi connectivity index (χ0) is 56.2. The van der Waals surface area contributed by atoms with Gasteiger partial charge in [-0.05, 0) is 49.9 Å². The topological polar surface area (TPSA) is 116 Å². The molecule has 0 saturated carbocycles. The van der Waals surface area contributed by atoms with E-state index in [2.05, 4.69) is 49.0 Å². The molecular formula is C70H124N4O4. The minimum atomic E-state index is -0.282. The molecule has 4 amide bonds. The molecule has 448 valence electrons. The molecule has 78 heavy (non-hydrogen) atoms. The molecule has 2 aromatic carbocycles. The molecule has 4 N–H and O–H groups in total. The van der Waals surface area contributed by atoms with Crippen molar-refractivity contribution in [2.24, 2.45) is 0 Å². The summed E-state index contributed by atoms with van der Waals surface area (Å²) in [6.07, 6.45) is 59.6. The lowest BCUT2D eigenvalue weighted by molar-refractivity contribution is 0.0936. The minimum Gasteiger partial charge on any atom is -0.352 e. The van der Waals surface area contributed by atoms with Crippen molar-refractivity contribution in [1.29, 1.82) is 0 Å². The average molecular weight is 1090 g/mol. The first kappa shape index (κ1) is 70.7. The number of amides is 4. The number of benzene rings is 2. The van der Waals surface area contributed by atoms with Gasteiger partial charge in [0.05, 0.1) is 0 Å². The van der Waals surface area contributed by atoms with Crippen LogP contribution in [0, 0.1) is 0 Å². The van der Waals surface area contributed by atoms with Crippen molar-refractivity contribution in [3.63, 3.8) is 0 Å². The van der Waals surface area contributed by atoms with Gasteiger partial charge in [-0.1, -0.05) is 310 Å². The smallest absolute Gasteiger partial charge is 0.251 e. The van der Waals surface area contributed by atoms with Gasteiger partial charge in [0.15, 0.2) is 0 Å². The van der Waals surface area contributed by atoms with E-state index in [0.29, 0.717) is 59.2 Å². The second-order valence-corrected chi connectivity index (χ2v) is 23.7. The standard InChI is InChI=1S/C70H124N4O4/c1-5-9-13-17-21-25-29-33-37-41-45-49-57-71-67(75)61-53-54-63(69(77)73-59-51-47-43-39-35-31-27-23-19-15-11-7-3)66-64(70(78)74-60-52-48-44-40-36-32-28-24-20-16-12-8-4)56-55-62(65(61)66)68(76)72-58-50-46-42-38-34-30-26-22-18-14-10-6-2/h53-56H,5-52,57-60H2,1-4H3,(H,71,75)(H,72,76)(H,73,77)(H,74,78). The van der Waals surface area contributed by atoms with Gasteiger partial charge in [0.25, 0.3) is 23.6 Å². The van der Waals surface area contributed by atoms with Gasteiger partial charge in [-0.15, -0.1) is 0 Å². The largest absolute Gasteiger partial charge is 0.352 e. The number of nitrogens with one attached hydrogen (secondary N) is 4. The third-order valence-electron chi connectivity index (χ3n) is 16.4. The van der Waals surface area contributed by atoms with Crippen LogP contribution in [0.1, 0.15) is 377 Å². The van der Waals surface area contributed by atoms with Gasteiger partial charge in [-0.2, -0.15) is 0 Å². The summed E-state index contributed by atoms with van der Waals surface area (Å²) in [7, 11) is 0. The van der Waals surface area contributed by atoms with Crippen molar-refractivity contribution in [2.45, 2.75) is 336 Å². The van der Waals surface area contributed by atoms with Crippen LogP contribution in [0.5, 0.6) is 0 Å². The minimum absolute atomic E-state index is 0.282. The molecule has 2 aromatic rings. The Morgan fingerprint density at radius 2 is 0.346 bits per heavy atom. The van der Waals surface area contributed by atoms with Gasteiger partial charge < -0.3 is 21.3 Å². The molecule has 2 rings (SSSR count). The summed E-state index contributed by atoms with van der Waals surface area (Å²) in [6, 6.07) is 6.81. The van der Waals surface area contributed by atoms with Crippen LogP contribution in [-0.4, -0.2) is 49.8 Å². The highest BCUT2D eigenvalue weighted by atomic mass is 16.2. The van der Waals surface area contributed by atoms with Crippen LogP contribution in [0.2, 0.25) is 0 Å². The Morgan fingerprint density at radius 3 is 0.487 bits per heavy atom. The van der Waals surface area contributed by atoms with Gasteiger partial charge in [0.2, 0.25) is 0 Å². The van der Waals surface area contributed by atoms with Crippen LogP contribution in [0.15, 0.2) is 24.3 Å². The highest BCUT2D eigenvalue weighted by molar-refractivity contribution is 6.24. The molecule has 0 unspecified atom stereocenters. The maximum absolute atomic E-state index is 14.4. The van der Waals surface area contributed by atoms with Gasteiger partial charge in [0, 0.05) is 59.2 Å². The molecule has 0 aliphatic heterocycles. The maximum Gasteiger partial charge on any atom is 0.251 e. The van der Waals surface area contributed by atoms with Crippen molar-refractivity contribution >= 4 is 34.4 Å². The molecule has 0 aromatic heterocycles. The lowest BCUT2D eigenvalue weighted by Gasteiger charge is -2.18. The average Bonchev–Trinajstić information content (AvgIpc) is 3.64. The molecule has 8 nitrogen and oxygen atoms in total. The van der Waals surface area contributed by atoms with E-state index in [1.165, 1.54) is 231 Å². The van der Waals surface area contributed by atoms with Crippen LogP contribution < -0.4 is 21.3 Å². The fourth-order valence-electron chi connectivity index (χ4n) is 11.3. The summed E-state index contributed by atoms with van der Waals surface area (Å²) in [5.41, 5.74) is 1.31. The van der Waals surface area contributed by atoms with Crippen molar-refractivity contribution in [1.82, 2.24) is 21.3 Å². The van der Waals surface area contributed by atoms with E-state index in [9.17, 15) is 19.2 Å². The van der Waals surface area contributed by atoms with Crippen molar-refractivity contribution < 1.29 is 19.2 Å². The van der Waals surface area contributed by atoms with Crippen LogP contribution in [0.4, 0.5) is 0 Å². The third-order valence-corrected chi connectivity index (χ3v) is 16.4. The Labute approximate surface area is 481 Å². The number of unbranched alkanes of at least 4 members (excludes halogenated alkanes) is 44. The summed E-state index contributed by atoms with van der Waals surface area (Å²) in [6.45, 7) is 11.2. The van der Waals surface area contributed by atoms with E-state index in [1.54, 1.807) is 24.3 Å². The zero-order valence-corrected chi connectivity index (χ0v) is 51.7. The number of fused-ring (bicyclic) bond motifs is 1. The Hall–Kier alpha value is -3.42. The van der Waals surface area contributed by atoms with Gasteiger partial charge in [0.1, 0.15) is 0 Å². The fourth-order valence-corrected chi connectivity index (χ4v) is 11.3. The molecule has 0 atom stereocenters. The molecule has 0 radical (unpaired) electrons. The quantitative estimate of drug-likeness (QED) is 0.0494. The van der Waals surface area contributed by atoms with E-state index in [1.807, 2.05) is 0 Å². The Kier molecular flexibility index (Phi) is 46.9. The van der Waals surface area contributed by atoms with E-state index in [4.69, 9.17) is 0 Å². The molecule has 0 aliphatic rings. The van der Waals surface area contributed by atoms with Crippen LogP contribution in [0.3, 0.4) is 0 Å². The highest BCUT2D eigenvalue weighted by Crippen LogP contribution is 2.31. The number of carbonyl (C=O) groups is 4. The number of carbonyl (C=O) groups excluding carboxylic acids is 4. The van der Waals surface area contributed by atoms with E-state index < -0.39 is 0 Å². The molecule has 0 heterocycles. The second kappa shape index (κ2) is 51.7. The van der Waals surface area contributed by atoms with Gasteiger partial charge in [-0.3, -0.25) is 19.2 Å². The van der Waals surface area contributed by atoms with E-state index >= 15 is 0 Å². The first-order valence-corrected chi connectivity index (χ1v) is 34.1. The van der Waals surface area contributed by atoms with Crippen molar-refractivity contribution in [2.75, 3.05) is 26.2 Å². The molecular weight excluding hydrogens is 961 g/mol. The summed E-state index contributed by atoms with van der Waals surface area (Å²) < 4.78 is 0. The normalized spacial score (nSPS) is 11.4. The van der Waals surface area contributed by atoms with E-state index in [-0.39, 0.29) is 23.6 Å². The van der Waals surface area contributed by atoms with Crippen LogP contribution in [0.25, 0.3) is 10.8 Å². The van der Waals surface area contributed by atoms with Gasteiger partial charge in [-0.25, -0.2) is 0 Å². The Morgan fingerprint density at radius 1 is 0.218 bits per heavy atom. The summed E-state index contributed by atoms with van der Waals surface area (Å²) in [4.78, 5) is 57.4. The molecule has 0 fully saturated rings. The molecule has 0 aliphatic carbocycles. The summed E-state index contributed by atoms with van der Waals surface area (Å²) >= 11 is 0. The molecule has 0 spiro atoms. The van der Waals surface area contributed by atoms with Crippen LogP contribution in [-0.2, 0) is 0 Å². The predicted molar refractivity (Wildman–Crippen MR) is 338 cm³/mol. The molecule has 0 saturated heterocycles. The van der Waals surface area contributed by atoms with Crippen LogP contribution >= 0.6 is 0 Å². The van der Waals surface area contributed by atoms with Gasteiger partial charge >= 0.3 is 0 Å². The van der Waals surface area contributed by atoms with Crippen molar-refractivity contribution in [3.8, 4) is 0 Å². The predicted octanol–water partition coefficient (Wildman–Crippen LogP) is 20.6. The first-order chi connectivity index (χ1) is 38.4. The summed E-state index contributed by atoms with van der Waals surface area (Å²) in [5.74, 6) is -1.13. The SMILES string of the molecule is CCCCCCCCCCCCCCNC(=O)c1ccc(C(=O)NCCCCCCCCCCCCCC)c2c(C(=O)NCCCCCCCCCCCCCC)ccc(C(=O)NCCCCCCCCCCCCCC)c12. The maximum atomic E-state index is 14.4. The first-order valence-electron chi connectivity index (χ1n) is 34.1. The fraction of sp³-hybridized carbons (Fsp3) is 0.800. The Bertz CT molecular complexity index is 1530. The highest BCUT2D eigenvalue weighted by Gasteiger charge is 2.26. The summed E-state index contributed by atoms with van der Waals surface area (Å²) in [5, 5.41) is 13.5. The zero-order valence-electron chi connectivity index (χ0n) is 51.7. The Balaban J connectivity index is 2.23. The van der Waals surface area contributed by atoms with E-state index in [0.717, 1.165) is 77.0 Å². The lowest BCUT2D eigenvalue weighted by atomic mass is 9.90. The third kappa shape index (κ3) is 35.3. The molecule has 0 bridgehead atoms. The lowest BCUT2D eigenvalue weighted by Crippen LogP contribution is -2.30. The second-order valence-electron chi connectivity index (χ2n) is 23.7. The number of rotatable bonds is 56. The number of hydrogen-bond acceptors (Lipinski definition) is 4.